The molecule has 0 saturated heterocycles. The number of nitrogens with zero attached hydrogens (tertiary/aromatic N) is 2. The molecule has 16 heavy (non-hydrogen) atoms. The maximum atomic E-state index is 5.81. The zero-order chi connectivity index (χ0) is 11.4. The van der Waals surface area contributed by atoms with Gasteiger partial charge in [0, 0.05) is 24.6 Å². The highest BCUT2D eigenvalue weighted by Gasteiger charge is 2.08. The molecule has 1 aromatic carbocycles. The van der Waals surface area contributed by atoms with E-state index in [1.54, 1.807) is 0 Å². The summed E-state index contributed by atoms with van der Waals surface area (Å²) in [5.41, 5.74) is 2.29. The molecule has 0 bridgehead atoms. The minimum atomic E-state index is 0.628. The van der Waals surface area contributed by atoms with Crippen molar-refractivity contribution in [3.05, 3.63) is 30.1 Å². The molecule has 2 rings (SSSR count). The molecule has 0 aliphatic rings. The Balaban J connectivity index is 2.42. The second kappa shape index (κ2) is 5.60. The third-order valence-electron chi connectivity index (χ3n) is 2.57. The number of hydrogen-bond donors (Lipinski definition) is 0. The van der Waals surface area contributed by atoms with E-state index in [1.807, 2.05) is 17.8 Å². The summed E-state index contributed by atoms with van der Waals surface area (Å²) in [6, 6.07) is 8.27. The molecular weight excluding hydrogens is 240 g/mol. The first-order valence-electron chi connectivity index (χ1n) is 5.36. The van der Waals surface area contributed by atoms with Crippen LogP contribution in [0.2, 0.25) is 0 Å². The van der Waals surface area contributed by atoms with Gasteiger partial charge >= 0.3 is 0 Å². The number of para-hydroxylation sites is 2. The number of alkyl halides is 1. The molecule has 86 valence electrons. The van der Waals surface area contributed by atoms with Gasteiger partial charge in [0.25, 0.3) is 0 Å². The van der Waals surface area contributed by atoms with E-state index in [1.165, 1.54) is 5.52 Å². The Labute approximate surface area is 105 Å². The number of imidazole rings is 1. The van der Waals surface area contributed by atoms with Crippen LogP contribution in [0.1, 0.15) is 5.82 Å². The zero-order valence-corrected chi connectivity index (χ0v) is 10.9. The van der Waals surface area contributed by atoms with Crippen molar-refractivity contribution < 1.29 is 0 Å². The van der Waals surface area contributed by atoms with E-state index in [4.69, 9.17) is 11.6 Å². The molecule has 1 aromatic heterocycles. The lowest BCUT2D eigenvalue weighted by atomic mass is 10.3. The second-order valence-corrected chi connectivity index (χ2v) is 4.96. The van der Waals surface area contributed by atoms with Gasteiger partial charge in [-0.3, -0.25) is 0 Å². The Morgan fingerprint density at radius 2 is 2.19 bits per heavy atom. The first-order valence-corrected chi connectivity index (χ1v) is 7.28. The summed E-state index contributed by atoms with van der Waals surface area (Å²) in [6.45, 7) is 1.01. The van der Waals surface area contributed by atoms with Gasteiger partial charge in [0.05, 0.1) is 11.0 Å². The van der Waals surface area contributed by atoms with Crippen molar-refractivity contribution in [1.82, 2.24) is 9.55 Å². The fraction of sp³-hybridized carbons (Fsp3) is 0.417. The molecule has 0 aliphatic carbocycles. The Morgan fingerprint density at radius 1 is 1.38 bits per heavy atom. The number of rotatable bonds is 5. The number of thioether (sulfide) groups is 1. The molecule has 0 N–H and O–H groups in total. The first-order chi connectivity index (χ1) is 7.86. The number of hydrogen-bond acceptors (Lipinski definition) is 2. The maximum absolute atomic E-state index is 5.81. The molecule has 0 fully saturated rings. The van der Waals surface area contributed by atoms with Crippen molar-refractivity contribution >= 4 is 34.4 Å². The van der Waals surface area contributed by atoms with Gasteiger partial charge in [-0.2, -0.15) is 11.8 Å². The fourth-order valence-electron chi connectivity index (χ4n) is 1.83. The van der Waals surface area contributed by atoms with Crippen LogP contribution in [0.15, 0.2) is 24.3 Å². The fourth-order valence-corrected chi connectivity index (χ4v) is 2.37. The summed E-state index contributed by atoms with van der Waals surface area (Å²) in [4.78, 5) is 4.62. The Hall–Kier alpha value is -0.670. The Bertz CT molecular complexity index is 467. The van der Waals surface area contributed by atoms with Crippen LogP contribution in [0.25, 0.3) is 11.0 Å². The van der Waals surface area contributed by atoms with E-state index < -0.39 is 0 Å². The van der Waals surface area contributed by atoms with Crippen molar-refractivity contribution in [2.45, 2.75) is 13.0 Å². The molecule has 2 aromatic rings. The van der Waals surface area contributed by atoms with Crippen LogP contribution in [0, 0.1) is 0 Å². The lowest BCUT2D eigenvalue weighted by Crippen LogP contribution is -2.06. The monoisotopic (exact) mass is 254 g/mol. The molecule has 4 heteroatoms. The minimum absolute atomic E-state index is 0.628. The predicted molar refractivity (Wildman–Crippen MR) is 72.5 cm³/mol. The average Bonchev–Trinajstić information content (AvgIpc) is 2.65. The molecule has 0 atom stereocenters. The summed E-state index contributed by atoms with van der Waals surface area (Å²) in [6.07, 6.45) is 2.96. The van der Waals surface area contributed by atoms with E-state index in [9.17, 15) is 0 Å². The molecule has 2 nitrogen and oxygen atoms in total. The summed E-state index contributed by atoms with van der Waals surface area (Å²) in [5, 5.41) is 0. The van der Waals surface area contributed by atoms with Crippen molar-refractivity contribution in [3.63, 3.8) is 0 Å². The summed E-state index contributed by atoms with van der Waals surface area (Å²) in [7, 11) is 0. The van der Waals surface area contributed by atoms with Gasteiger partial charge in [-0.05, 0) is 18.4 Å². The third kappa shape index (κ3) is 2.36. The third-order valence-corrected chi connectivity index (χ3v) is 3.35. The quantitative estimate of drug-likeness (QED) is 0.763. The molecule has 1 heterocycles. The van der Waals surface area contributed by atoms with Gasteiger partial charge in [0.1, 0.15) is 5.82 Å². The number of aromatic nitrogens is 2. The topological polar surface area (TPSA) is 17.8 Å². The van der Waals surface area contributed by atoms with Crippen molar-refractivity contribution in [1.29, 1.82) is 0 Å². The number of aryl methyl sites for hydroxylation is 2. The molecule has 0 amide bonds. The molecule has 0 aliphatic heterocycles. The highest BCUT2D eigenvalue weighted by molar-refractivity contribution is 7.98. The van der Waals surface area contributed by atoms with Gasteiger partial charge in [0.15, 0.2) is 0 Å². The molecule has 0 radical (unpaired) electrons. The van der Waals surface area contributed by atoms with E-state index in [2.05, 4.69) is 34.0 Å². The largest absolute Gasteiger partial charge is 0.327 e. The molecular formula is C12H15ClN2S. The van der Waals surface area contributed by atoms with Crippen molar-refractivity contribution in [3.8, 4) is 0 Å². The highest BCUT2D eigenvalue weighted by atomic mass is 35.5. The van der Waals surface area contributed by atoms with Gasteiger partial charge in [-0.25, -0.2) is 4.98 Å². The molecule has 0 saturated carbocycles. The van der Waals surface area contributed by atoms with Gasteiger partial charge in [-0.15, -0.1) is 11.6 Å². The normalized spacial score (nSPS) is 11.1. The highest BCUT2D eigenvalue weighted by Crippen LogP contribution is 2.17. The van der Waals surface area contributed by atoms with Crippen LogP contribution >= 0.6 is 23.4 Å². The van der Waals surface area contributed by atoms with Crippen LogP contribution in [-0.4, -0.2) is 27.4 Å². The number of halogens is 1. The van der Waals surface area contributed by atoms with Gasteiger partial charge < -0.3 is 4.57 Å². The summed E-state index contributed by atoms with van der Waals surface area (Å²) < 4.78 is 2.29. The lowest BCUT2D eigenvalue weighted by molar-refractivity contribution is 0.734. The molecule has 0 spiro atoms. The van der Waals surface area contributed by atoms with E-state index in [0.29, 0.717) is 5.88 Å². The Kier molecular flexibility index (Phi) is 4.13. The van der Waals surface area contributed by atoms with Crippen LogP contribution < -0.4 is 0 Å². The maximum Gasteiger partial charge on any atom is 0.111 e. The van der Waals surface area contributed by atoms with Crippen LogP contribution in [0.3, 0.4) is 0 Å². The van der Waals surface area contributed by atoms with Crippen molar-refractivity contribution in [2.75, 3.05) is 17.9 Å². The lowest BCUT2D eigenvalue weighted by Gasteiger charge is -2.06. The zero-order valence-electron chi connectivity index (χ0n) is 9.32. The van der Waals surface area contributed by atoms with Gasteiger partial charge in [0.2, 0.25) is 0 Å². The van der Waals surface area contributed by atoms with E-state index in [0.717, 1.165) is 30.1 Å². The smallest absolute Gasteiger partial charge is 0.111 e. The number of benzene rings is 1. The van der Waals surface area contributed by atoms with Gasteiger partial charge in [-0.1, -0.05) is 12.1 Å². The standard InChI is InChI=1S/C12H15ClN2S/c1-16-9-8-15-11-5-3-2-4-10(11)14-12(15)6-7-13/h2-5H,6-9H2,1H3. The molecule has 0 unspecified atom stereocenters. The Morgan fingerprint density at radius 3 is 2.94 bits per heavy atom. The van der Waals surface area contributed by atoms with Crippen molar-refractivity contribution in [2.24, 2.45) is 0 Å². The minimum Gasteiger partial charge on any atom is -0.327 e. The number of fused-ring (bicyclic) bond motifs is 1. The van der Waals surface area contributed by atoms with Crippen LogP contribution in [-0.2, 0) is 13.0 Å². The van der Waals surface area contributed by atoms with Crippen LogP contribution in [0.5, 0.6) is 0 Å². The van der Waals surface area contributed by atoms with Crippen LogP contribution in [0.4, 0.5) is 0 Å². The predicted octanol–water partition coefficient (Wildman–Crippen LogP) is 3.18. The average molecular weight is 255 g/mol. The summed E-state index contributed by atoms with van der Waals surface area (Å²) >= 11 is 7.66. The van der Waals surface area contributed by atoms with E-state index in [-0.39, 0.29) is 0 Å². The SMILES string of the molecule is CSCCn1c(CCCl)nc2ccccc21. The summed E-state index contributed by atoms with van der Waals surface area (Å²) in [5.74, 6) is 2.84. The second-order valence-electron chi connectivity index (χ2n) is 3.60. The van der Waals surface area contributed by atoms with E-state index >= 15 is 0 Å². The first kappa shape index (κ1) is 11.8.